The quantitative estimate of drug-likeness (QED) is 0.633. The molecule has 0 atom stereocenters. The first kappa shape index (κ1) is 15.1. The topological polar surface area (TPSA) is 63.1 Å². The monoisotopic (exact) mass is 287 g/mol. The number of amides is 2. The Morgan fingerprint density at radius 2 is 1.81 bits per heavy atom. The molecular formula is C16H21N3O2. The maximum Gasteiger partial charge on any atom is 0.258 e. The lowest BCUT2D eigenvalue weighted by atomic mass is 10.2. The highest BCUT2D eigenvalue weighted by Crippen LogP contribution is 2.14. The van der Waals surface area contributed by atoms with Crippen LogP contribution >= 0.6 is 0 Å². The Labute approximate surface area is 124 Å². The van der Waals surface area contributed by atoms with Crippen LogP contribution < -0.4 is 10.9 Å². The largest absolute Gasteiger partial charge is 0.338 e. The summed E-state index contributed by atoms with van der Waals surface area (Å²) in [6.45, 7) is 2.27. The number of hydrogen-bond acceptors (Lipinski definition) is 2. The van der Waals surface area contributed by atoms with Gasteiger partial charge in [-0.15, -0.1) is 0 Å². The molecule has 1 aromatic heterocycles. The summed E-state index contributed by atoms with van der Waals surface area (Å²) in [6.07, 6.45) is 5.26. The minimum atomic E-state index is -0.236. The molecule has 2 amide bonds. The van der Waals surface area contributed by atoms with Gasteiger partial charge >= 0.3 is 0 Å². The molecule has 0 saturated carbocycles. The van der Waals surface area contributed by atoms with E-state index in [-0.39, 0.29) is 18.4 Å². The Morgan fingerprint density at radius 1 is 1.05 bits per heavy atom. The zero-order chi connectivity index (χ0) is 15.1. The first-order valence-corrected chi connectivity index (χ1v) is 7.32. The molecule has 0 bridgehead atoms. The molecule has 0 aliphatic carbocycles. The second-order valence-corrected chi connectivity index (χ2v) is 5.06. The first-order chi connectivity index (χ1) is 10.2. The average Bonchev–Trinajstić information content (AvgIpc) is 2.89. The minimum absolute atomic E-state index is 0.144. The normalized spacial score (nSPS) is 10.5. The molecule has 5 nitrogen and oxygen atoms in total. The zero-order valence-corrected chi connectivity index (χ0v) is 12.3. The van der Waals surface area contributed by atoms with Crippen molar-refractivity contribution >= 4 is 22.7 Å². The number of benzene rings is 1. The van der Waals surface area contributed by atoms with Crippen molar-refractivity contribution in [3.63, 3.8) is 0 Å². The molecule has 0 aliphatic heterocycles. The summed E-state index contributed by atoms with van der Waals surface area (Å²) < 4.78 is 1.86. The third-order valence-electron chi connectivity index (χ3n) is 3.34. The smallest absolute Gasteiger partial charge is 0.258 e. The van der Waals surface area contributed by atoms with Crippen LogP contribution in [0.2, 0.25) is 0 Å². The van der Waals surface area contributed by atoms with Gasteiger partial charge in [-0.3, -0.25) is 20.4 Å². The Morgan fingerprint density at radius 3 is 2.62 bits per heavy atom. The van der Waals surface area contributed by atoms with E-state index >= 15 is 0 Å². The van der Waals surface area contributed by atoms with E-state index < -0.39 is 0 Å². The van der Waals surface area contributed by atoms with Crippen molar-refractivity contribution in [3.05, 3.63) is 36.5 Å². The highest BCUT2D eigenvalue weighted by Gasteiger charge is 2.07. The summed E-state index contributed by atoms with van der Waals surface area (Å²) in [6, 6.07) is 9.83. The van der Waals surface area contributed by atoms with Crippen LogP contribution in [0.3, 0.4) is 0 Å². The Bertz CT molecular complexity index is 619. The van der Waals surface area contributed by atoms with Crippen molar-refractivity contribution in [2.75, 3.05) is 0 Å². The lowest BCUT2D eigenvalue weighted by Crippen LogP contribution is -2.43. The van der Waals surface area contributed by atoms with Crippen molar-refractivity contribution in [1.29, 1.82) is 0 Å². The molecule has 21 heavy (non-hydrogen) atoms. The van der Waals surface area contributed by atoms with Crippen LogP contribution in [0.1, 0.15) is 32.6 Å². The number of hydrazine groups is 1. The predicted octanol–water partition coefficient (Wildman–Crippen LogP) is 2.37. The number of para-hydroxylation sites is 1. The maximum atomic E-state index is 11.8. The van der Waals surface area contributed by atoms with Crippen molar-refractivity contribution in [2.45, 2.75) is 39.2 Å². The lowest BCUT2D eigenvalue weighted by molar-refractivity contribution is -0.129. The summed E-state index contributed by atoms with van der Waals surface area (Å²) in [5, 5.41) is 1.09. The van der Waals surface area contributed by atoms with Crippen LogP contribution in [0.5, 0.6) is 0 Å². The number of rotatable bonds is 6. The molecule has 5 heteroatoms. The molecule has 0 spiro atoms. The van der Waals surface area contributed by atoms with Gasteiger partial charge in [-0.2, -0.15) is 0 Å². The molecule has 0 radical (unpaired) electrons. The molecule has 2 aromatic rings. The van der Waals surface area contributed by atoms with Crippen LogP contribution in [-0.4, -0.2) is 16.4 Å². The van der Waals surface area contributed by atoms with Gasteiger partial charge in [0.15, 0.2) is 0 Å². The number of nitrogens with one attached hydrogen (secondary N) is 2. The van der Waals surface area contributed by atoms with Gasteiger partial charge in [0, 0.05) is 18.1 Å². The van der Waals surface area contributed by atoms with E-state index in [0.717, 1.165) is 30.2 Å². The van der Waals surface area contributed by atoms with Crippen LogP contribution in [0.4, 0.5) is 0 Å². The Hall–Kier alpha value is -2.30. The van der Waals surface area contributed by atoms with Crippen molar-refractivity contribution in [1.82, 2.24) is 15.4 Å². The number of unbranched alkanes of at least 4 members (excludes halogenated alkanes) is 2. The van der Waals surface area contributed by atoms with Gasteiger partial charge < -0.3 is 4.57 Å². The van der Waals surface area contributed by atoms with E-state index in [4.69, 9.17) is 0 Å². The first-order valence-electron chi connectivity index (χ1n) is 7.32. The molecule has 0 saturated heterocycles. The van der Waals surface area contributed by atoms with Crippen LogP contribution in [0.15, 0.2) is 36.5 Å². The van der Waals surface area contributed by atoms with Crippen LogP contribution in [0, 0.1) is 0 Å². The molecule has 1 aromatic carbocycles. The highest BCUT2D eigenvalue weighted by molar-refractivity contribution is 5.84. The summed E-state index contributed by atoms with van der Waals surface area (Å²) >= 11 is 0. The van der Waals surface area contributed by atoms with E-state index in [1.54, 1.807) is 0 Å². The van der Waals surface area contributed by atoms with Gasteiger partial charge in [-0.25, -0.2) is 0 Å². The standard InChI is InChI=1S/C16H21N3O2/c1-2-3-4-9-15(20)17-18-16(21)12-19-11-10-13-7-5-6-8-14(13)19/h5-8,10-11H,2-4,9,12H2,1H3,(H,17,20)(H,18,21). The number of aromatic nitrogens is 1. The van der Waals surface area contributed by atoms with Gasteiger partial charge in [0.1, 0.15) is 6.54 Å². The zero-order valence-electron chi connectivity index (χ0n) is 12.3. The second-order valence-electron chi connectivity index (χ2n) is 5.06. The highest BCUT2D eigenvalue weighted by atomic mass is 16.2. The fourth-order valence-electron chi connectivity index (χ4n) is 2.21. The number of carbonyl (C=O) groups is 2. The van der Waals surface area contributed by atoms with Crippen LogP contribution in [0.25, 0.3) is 10.9 Å². The van der Waals surface area contributed by atoms with Gasteiger partial charge in [-0.1, -0.05) is 38.0 Å². The van der Waals surface area contributed by atoms with Gasteiger partial charge in [0.05, 0.1) is 0 Å². The number of hydrogen-bond donors (Lipinski definition) is 2. The third-order valence-corrected chi connectivity index (χ3v) is 3.34. The summed E-state index contributed by atoms with van der Waals surface area (Å²) in [4.78, 5) is 23.3. The number of fused-ring (bicyclic) bond motifs is 1. The van der Waals surface area contributed by atoms with E-state index in [1.807, 2.05) is 41.1 Å². The fraction of sp³-hybridized carbons (Fsp3) is 0.375. The lowest BCUT2D eigenvalue weighted by Gasteiger charge is -2.08. The summed E-state index contributed by atoms with van der Waals surface area (Å²) in [5.74, 6) is -0.380. The second kappa shape index (κ2) is 7.47. The number of carbonyl (C=O) groups excluding carboxylic acids is 2. The molecule has 0 fully saturated rings. The van der Waals surface area contributed by atoms with E-state index in [0.29, 0.717) is 6.42 Å². The molecule has 2 N–H and O–H groups in total. The Balaban J connectivity index is 1.81. The number of nitrogens with zero attached hydrogens (tertiary/aromatic N) is 1. The summed E-state index contributed by atoms with van der Waals surface area (Å²) in [7, 11) is 0. The predicted molar refractivity (Wildman–Crippen MR) is 82.4 cm³/mol. The van der Waals surface area contributed by atoms with Gasteiger partial charge in [0.2, 0.25) is 5.91 Å². The molecule has 2 rings (SSSR count). The van der Waals surface area contributed by atoms with Gasteiger partial charge in [0.25, 0.3) is 5.91 Å². The van der Waals surface area contributed by atoms with E-state index in [9.17, 15) is 9.59 Å². The summed E-state index contributed by atoms with van der Waals surface area (Å²) in [5.41, 5.74) is 5.90. The fourth-order valence-corrected chi connectivity index (χ4v) is 2.21. The molecule has 0 aliphatic rings. The third kappa shape index (κ3) is 4.34. The van der Waals surface area contributed by atoms with Gasteiger partial charge in [-0.05, 0) is 23.9 Å². The molecule has 0 unspecified atom stereocenters. The van der Waals surface area contributed by atoms with Crippen molar-refractivity contribution < 1.29 is 9.59 Å². The molecular weight excluding hydrogens is 266 g/mol. The minimum Gasteiger partial charge on any atom is -0.338 e. The van der Waals surface area contributed by atoms with Crippen molar-refractivity contribution in [3.8, 4) is 0 Å². The van der Waals surface area contributed by atoms with Crippen molar-refractivity contribution in [2.24, 2.45) is 0 Å². The van der Waals surface area contributed by atoms with E-state index in [2.05, 4.69) is 17.8 Å². The molecule has 112 valence electrons. The van der Waals surface area contributed by atoms with Crippen LogP contribution in [-0.2, 0) is 16.1 Å². The average molecular weight is 287 g/mol. The Kier molecular flexibility index (Phi) is 5.37. The maximum absolute atomic E-state index is 11.8. The SMILES string of the molecule is CCCCCC(=O)NNC(=O)Cn1ccc2ccccc21. The van der Waals surface area contributed by atoms with E-state index in [1.165, 1.54) is 0 Å². The molecule has 1 heterocycles.